The Labute approximate surface area is 189 Å². The summed E-state index contributed by atoms with van der Waals surface area (Å²) < 4.78 is 5.22. The minimum atomic E-state index is -0.621. The molecule has 1 atom stereocenters. The van der Waals surface area contributed by atoms with E-state index in [1.165, 1.54) is 17.3 Å². The normalized spacial score (nSPS) is 18.2. The van der Waals surface area contributed by atoms with Gasteiger partial charge < -0.3 is 10.5 Å². The number of aromatic nitrogens is 1. The number of benzene rings is 1. The standard InChI is InChI=1S/C23H20ClN5O3/c1-32-14-9-7-13(8-10-14)19-16(12-25)22(26)29(17-5-2-6-18(30)20(17)19)28-23(31)15-4-3-11-27-21(15)24/h3-4,7-11,19H,2,5-6,26H2,1H3,(H,28,31). The minimum Gasteiger partial charge on any atom is -0.497 e. The van der Waals surface area contributed by atoms with Crippen molar-refractivity contribution in [2.45, 2.75) is 25.2 Å². The fourth-order valence-electron chi connectivity index (χ4n) is 4.06. The van der Waals surface area contributed by atoms with Gasteiger partial charge >= 0.3 is 0 Å². The maximum atomic E-state index is 13.0. The van der Waals surface area contributed by atoms with Crippen molar-refractivity contribution in [3.05, 3.63) is 81.5 Å². The average Bonchev–Trinajstić information content (AvgIpc) is 2.81. The summed E-state index contributed by atoms with van der Waals surface area (Å²) >= 11 is 6.06. The first kappa shape index (κ1) is 21.4. The van der Waals surface area contributed by atoms with Gasteiger partial charge in [-0.1, -0.05) is 23.7 Å². The van der Waals surface area contributed by atoms with Crippen molar-refractivity contribution in [2.24, 2.45) is 5.73 Å². The molecule has 9 heteroatoms. The first-order valence-electron chi connectivity index (χ1n) is 9.97. The number of carbonyl (C=O) groups is 2. The molecule has 8 nitrogen and oxygen atoms in total. The number of amides is 1. The monoisotopic (exact) mass is 449 g/mol. The van der Waals surface area contributed by atoms with E-state index in [9.17, 15) is 14.9 Å². The number of carbonyl (C=O) groups excluding carboxylic acids is 2. The Hall–Kier alpha value is -3.83. The molecule has 1 amide bonds. The number of rotatable bonds is 4. The molecular formula is C23H20ClN5O3. The van der Waals surface area contributed by atoms with Crippen LogP contribution in [0.25, 0.3) is 0 Å². The zero-order valence-electron chi connectivity index (χ0n) is 17.3. The Morgan fingerprint density at radius 1 is 1.31 bits per heavy atom. The summed E-state index contributed by atoms with van der Waals surface area (Å²) in [6.07, 6.45) is 2.97. The number of nitriles is 1. The van der Waals surface area contributed by atoms with E-state index in [0.29, 0.717) is 36.3 Å². The zero-order valence-corrected chi connectivity index (χ0v) is 18.0. The van der Waals surface area contributed by atoms with Crippen LogP contribution in [0.15, 0.2) is 65.3 Å². The van der Waals surface area contributed by atoms with E-state index in [2.05, 4.69) is 16.5 Å². The molecule has 0 bridgehead atoms. The lowest BCUT2D eigenvalue weighted by molar-refractivity contribution is -0.116. The van der Waals surface area contributed by atoms with Gasteiger partial charge in [-0.2, -0.15) is 5.26 Å². The number of nitrogens with two attached hydrogens (primary N) is 1. The number of nitrogens with zero attached hydrogens (tertiary/aromatic N) is 3. The summed E-state index contributed by atoms with van der Waals surface area (Å²) in [6.45, 7) is 0. The summed E-state index contributed by atoms with van der Waals surface area (Å²) in [4.78, 5) is 29.8. The molecule has 162 valence electrons. The Morgan fingerprint density at radius 3 is 2.72 bits per heavy atom. The van der Waals surface area contributed by atoms with Crippen LogP contribution >= 0.6 is 11.6 Å². The molecule has 1 aromatic carbocycles. The van der Waals surface area contributed by atoms with E-state index in [4.69, 9.17) is 22.1 Å². The molecule has 0 spiro atoms. The number of hydrazine groups is 1. The molecule has 4 rings (SSSR count). The third-order valence-corrected chi connectivity index (χ3v) is 5.88. The number of hydrogen-bond donors (Lipinski definition) is 2. The van der Waals surface area contributed by atoms with Crippen LogP contribution in [0.3, 0.4) is 0 Å². The summed E-state index contributed by atoms with van der Waals surface area (Å²) in [5, 5.41) is 11.3. The highest BCUT2D eigenvalue weighted by atomic mass is 35.5. The van der Waals surface area contributed by atoms with Crippen LogP contribution in [-0.4, -0.2) is 28.8 Å². The molecule has 1 aliphatic heterocycles. The number of ether oxygens (including phenoxy) is 1. The quantitative estimate of drug-likeness (QED) is 0.687. The molecule has 1 aromatic heterocycles. The van der Waals surface area contributed by atoms with E-state index in [1.54, 1.807) is 25.3 Å². The second-order valence-electron chi connectivity index (χ2n) is 7.37. The first-order valence-corrected chi connectivity index (χ1v) is 10.4. The molecule has 2 heterocycles. The number of pyridine rings is 1. The highest BCUT2D eigenvalue weighted by Gasteiger charge is 2.40. The van der Waals surface area contributed by atoms with Gasteiger partial charge in [0.2, 0.25) is 0 Å². The third kappa shape index (κ3) is 3.67. The summed E-state index contributed by atoms with van der Waals surface area (Å²) in [5.41, 5.74) is 11.2. The average molecular weight is 450 g/mol. The maximum Gasteiger partial charge on any atom is 0.273 e. The van der Waals surface area contributed by atoms with Gasteiger partial charge in [0.15, 0.2) is 5.78 Å². The molecular weight excluding hydrogens is 430 g/mol. The highest BCUT2D eigenvalue weighted by molar-refractivity contribution is 6.32. The molecule has 1 aliphatic carbocycles. The van der Waals surface area contributed by atoms with Crippen molar-refractivity contribution in [2.75, 3.05) is 7.11 Å². The van der Waals surface area contributed by atoms with Crippen molar-refractivity contribution in [1.29, 1.82) is 5.26 Å². The summed E-state index contributed by atoms with van der Waals surface area (Å²) in [5.74, 6) is -0.521. The molecule has 0 radical (unpaired) electrons. The van der Waals surface area contributed by atoms with E-state index in [-0.39, 0.29) is 27.9 Å². The second-order valence-corrected chi connectivity index (χ2v) is 7.73. The van der Waals surface area contributed by atoms with Crippen LogP contribution in [0.4, 0.5) is 0 Å². The number of allylic oxidation sites excluding steroid dienone is 3. The lowest BCUT2D eigenvalue weighted by atomic mass is 9.76. The van der Waals surface area contributed by atoms with Gasteiger partial charge in [0.1, 0.15) is 16.7 Å². The largest absolute Gasteiger partial charge is 0.497 e. The number of ketones is 1. The van der Waals surface area contributed by atoms with Crippen molar-refractivity contribution >= 4 is 23.3 Å². The molecule has 2 aromatic rings. The lowest BCUT2D eigenvalue weighted by Gasteiger charge is -2.39. The molecule has 0 saturated carbocycles. The van der Waals surface area contributed by atoms with Crippen molar-refractivity contribution < 1.29 is 14.3 Å². The zero-order chi connectivity index (χ0) is 22.8. The molecule has 2 aliphatic rings. The fourth-order valence-corrected chi connectivity index (χ4v) is 4.27. The van der Waals surface area contributed by atoms with Crippen LogP contribution < -0.4 is 15.9 Å². The Kier molecular flexibility index (Phi) is 5.84. The van der Waals surface area contributed by atoms with Crippen LogP contribution in [0.2, 0.25) is 5.15 Å². The Bertz CT molecular complexity index is 1200. The lowest BCUT2D eigenvalue weighted by Crippen LogP contribution is -2.48. The maximum absolute atomic E-state index is 13.0. The predicted octanol–water partition coefficient (Wildman–Crippen LogP) is 3.19. The summed E-state index contributed by atoms with van der Waals surface area (Å²) in [6, 6.07) is 12.4. The molecule has 0 fully saturated rings. The van der Waals surface area contributed by atoms with Gasteiger partial charge in [0.05, 0.1) is 30.2 Å². The fraction of sp³-hybridized carbons (Fsp3) is 0.217. The number of Topliss-reactive ketones (excluding diaryl/α,β-unsaturated/α-hetero) is 1. The van der Waals surface area contributed by atoms with E-state index >= 15 is 0 Å². The van der Waals surface area contributed by atoms with Gasteiger partial charge in [0, 0.05) is 23.9 Å². The molecule has 3 N–H and O–H groups in total. The summed E-state index contributed by atoms with van der Waals surface area (Å²) in [7, 11) is 1.56. The van der Waals surface area contributed by atoms with Crippen LogP contribution in [-0.2, 0) is 4.79 Å². The minimum absolute atomic E-state index is 0.0371. The number of methoxy groups -OCH3 is 1. The number of halogens is 1. The second kappa shape index (κ2) is 8.73. The SMILES string of the molecule is COc1ccc(C2C(C#N)=C(N)N(NC(=O)c3cccnc3Cl)C3=C2C(=O)CCC3)cc1. The van der Waals surface area contributed by atoms with Crippen molar-refractivity contribution in [1.82, 2.24) is 15.4 Å². The van der Waals surface area contributed by atoms with Crippen LogP contribution in [0.1, 0.15) is 41.1 Å². The van der Waals surface area contributed by atoms with Crippen molar-refractivity contribution in [3.63, 3.8) is 0 Å². The predicted molar refractivity (Wildman–Crippen MR) is 117 cm³/mol. The Morgan fingerprint density at radius 2 is 2.06 bits per heavy atom. The van der Waals surface area contributed by atoms with E-state index < -0.39 is 11.8 Å². The van der Waals surface area contributed by atoms with Crippen LogP contribution in [0.5, 0.6) is 5.75 Å². The van der Waals surface area contributed by atoms with E-state index in [1.807, 2.05) is 12.1 Å². The molecule has 32 heavy (non-hydrogen) atoms. The van der Waals surface area contributed by atoms with Gasteiger partial charge in [-0.3, -0.25) is 15.0 Å². The topological polar surface area (TPSA) is 121 Å². The number of nitrogens with one attached hydrogen (secondary N) is 1. The third-order valence-electron chi connectivity index (χ3n) is 5.58. The Balaban J connectivity index is 1.81. The van der Waals surface area contributed by atoms with E-state index in [0.717, 1.165) is 5.56 Å². The highest BCUT2D eigenvalue weighted by Crippen LogP contribution is 2.44. The van der Waals surface area contributed by atoms with Crippen LogP contribution in [0, 0.1) is 11.3 Å². The first-order chi connectivity index (χ1) is 15.5. The molecule has 1 unspecified atom stereocenters. The van der Waals surface area contributed by atoms with Gasteiger partial charge in [-0.25, -0.2) is 9.99 Å². The number of hydrogen-bond acceptors (Lipinski definition) is 7. The van der Waals surface area contributed by atoms with Crippen molar-refractivity contribution in [3.8, 4) is 11.8 Å². The smallest absolute Gasteiger partial charge is 0.273 e. The van der Waals surface area contributed by atoms with Gasteiger partial charge in [0.25, 0.3) is 5.91 Å². The molecule has 0 saturated heterocycles. The van der Waals surface area contributed by atoms with Gasteiger partial charge in [-0.15, -0.1) is 0 Å². The van der Waals surface area contributed by atoms with Gasteiger partial charge in [-0.05, 0) is 42.7 Å².